The predicted molar refractivity (Wildman–Crippen MR) is 105 cm³/mol. The molecule has 0 spiro atoms. The fourth-order valence-electron chi connectivity index (χ4n) is 4.68. The van der Waals surface area contributed by atoms with Crippen molar-refractivity contribution in [3.05, 3.63) is 70.8 Å². The molecule has 2 aromatic rings. The molecule has 2 heteroatoms. The molecule has 1 aliphatic heterocycles. The predicted octanol–water partition coefficient (Wildman–Crippen LogP) is 4.60. The van der Waals surface area contributed by atoms with E-state index in [-0.39, 0.29) is 0 Å². The molecule has 2 aromatic carbocycles. The minimum absolute atomic E-state index is 0.551. The number of hydrogen-bond donors (Lipinski definition) is 0. The van der Waals surface area contributed by atoms with Gasteiger partial charge in [-0.3, -0.25) is 4.90 Å². The average Bonchev–Trinajstić information content (AvgIpc) is 3.03. The summed E-state index contributed by atoms with van der Waals surface area (Å²) in [7, 11) is 0. The van der Waals surface area contributed by atoms with Crippen molar-refractivity contribution in [2.75, 3.05) is 32.7 Å². The second kappa shape index (κ2) is 7.31. The zero-order valence-electron chi connectivity index (χ0n) is 15.6. The molecule has 1 heterocycles. The van der Waals surface area contributed by atoms with Crippen LogP contribution in [-0.4, -0.2) is 42.5 Å². The van der Waals surface area contributed by atoms with Crippen molar-refractivity contribution in [2.24, 2.45) is 0 Å². The molecule has 2 atom stereocenters. The van der Waals surface area contributed by atoms with Crippen LogP contribution in [0.2, 0.25) is 0 Å². The SMILES string of the molecule is CCCN1CCN([C@@H]2CC(c3ccc(C)cc3)c3ccccc32)CC1. The Balaban J connectivity index is 1.56. The number of benzene rings is 2. The van der Waals surface area contributed by atoms with Crippen LogP contribution < -0.4 is 0 Å². The van der Waals surface area contributed by atoms with Gasteiger partial charge in [0.05, 0.1) is 0 Å². The molecular weight excluding hydrogens is 304 g/mol. The highest BCUT2D eigenvalue weighted by Gasteiger charge is 2.36. The molecule has 4 rings (SSSR count). The first-order chi connectivity index (χ1) is 12.3. The van der Waals surface area contributed by atoms with Gasteiger partial charge in [-0.15, -0.1) is 0 Å². The lowest BCUT2D eigenvalue weighted by atomic mass is 9.92. The molecule has 132 valence electrons. The molecular formula is C23H30N2. The van der Waals surface area contributed by atoms with Crippen molar-refractivity contribution in [1.82, 2.24) is 9.80 Å². The van der Waals surface area contributed by atoms with Crippen LogP contribution in [-0.2, 0) is 0 Å². The number of rotatable bonds is 4. The van der Waals surface area contributed by atoms with Crippen molar-refractivity contribution >= 4 is 0 Å². The van der Waals surface area contributed by atoms with Gasteiger partial charge in [0.15, 0.2) is 0 Å². The molecule has 0 aromatic heterocycles. The first-order valence-electron chi connectivity index (χ1n) is 9.88. The summed E-state index contributed by atoms with van der Waals surface area (Å²) in [6, 6.07) is 18.9. The van der Waals surface area contributed by atoms with Gasteiger partial charge in [-0.2, -0.15) is 0 Å². The largest absolute Gasteiger partial charge is 0.301 e. The van der Waals surface area contributed by atoms with Crippen molar-refractivity contribution in [3.63, 3.8) is 0 Å². The molecule has 1 fully saturated rings. The van der Waals surface area contributed by atoms with Gasteiger partial charge in [-0.05, 0) is 43.0 Å². The third-order valence-electron chi connectivity index (χ3n) is 6.06. The van der Waals surface area contributed by atoms with Crippen LogP contribution in [0.5, 0.6) is 0 Å². The molecule has 25 heavy (non-hydrogen) atoms. The third kappa shape index (κ3) is 3.38. The molecule has 2 aliphatic rings. The third-order valence-corrected chi connectivity index (χ3v) is 6.06. The van der Waals surface area contributed by atoms with Gasteiger partial charge in [0.2, 0.25) is 0 Å². The number of aryl methyl sites for hydroxylation is 1. The van der Waals surface area contributed by atoms with Gasteiger partial charge in [0, 0.05) is 38.1 Å². The first-order valence-corrected chi connectivity index (χ1v) is 9.88. The summed E-state index contributed by atoms with van der Waals surface area (Å²) in [4.78, 5) is 5.36. The minimum atomic E-state index is 0.551. The Labute approximate surface area is 152 Å². The van der Waals surface area contributed by atoms with Crippen LogP contribution in [0, 0.1) is 6.92 Å². The molecule has 0 radical (unpaired) electrons. The Bertz CT molecular complexity index is 698. The zero-order chi connectivity index (χ0) is 17.2. The van der Waals surface area contributed by atoms with Crippen LogP contribution in [0.25, 0.3) is 0 Å². The molecule has 0 amide bonds. The van der Waals surface area contributed by atoms with Crippen LogP contribution in [0.3, 0.4) is 0 Å². The normalized spacial score (nSPS) is 24.4. The molecule has 0 N–H and O–H groups in total. The van der Waals surface area contributed by atoms with E-state index in [1.807, 2.05) is 0 Å². The molecule has 2 nitrogen and oxygen atoms in total. The van der Waals surface area contributed by atoms with Gasteiger partial charge in [0.25, 0.3) is 0 Å². The Morgan fingerprint density at radius 1 is 0.880 bits per heavy atom. The Hall–Kier alpha value is -1.64. The molecule has 0 bridgehead atoms. The van der Waals surface area contributed by atoms with Crippen molar-refractivity contribution in [2.45, 2.75) is 38.6 Å². The lowest BCUT2D eigenvalue weighted by molar-refractivity contribution is 0.0949. The van der Waals surface area contributed by atoms with Gasteiger partial charge >= 0.3 is 0 Å². The molecule has 0 saturated carbocycles. The first kappa shape index (κ1) is 16.8. The van der Waals surface area contributed by atoms with Crippen molar-refractivity contribution in [3.8, 4) is 0 Å². The van der Waals surface area contributed by atoms with Gasteiger partial charge in [-0.25, -0.2) is 0 Å². The highest BCUT2D eigenvalue weighted by molar-refractivity contribution is 5.45. The lowest BCUT2D eigenvalue weighted by Crippen LogP contribution is -2.47. The maximum atomic E-state index is 2.74. The number of piperazine rings is 1. The number of hydrogen-bond acceptors (Lipinski definition) is 2. The van der Waals surface area contributed by atoms with E-state index < -0.39 is 0 Å². The molecule has 1 unspecified atom stereocenters. The topological polar surface area (TPSA) is 6.48 Å². The summed E-state index contributed by atoms with van der Waals surface area (Å²) in [6.07, 6.45) is 2.50. The highest BCUT2D eigenvalue weighted by atomic mass is 15.3. The van der Waals surface area contributed by atoms with Crippen LogP contribution >= 0.6 is 0 Å². The smallest absolute Gasteiger partial charge is 0.0361 e. The van der Waals surface area contributed by atoms with E-state index in [1.165, 1.54) is 56.7 Å². The van der Waals surface area contributed by atoms with Crippen molar-refractivity contribution < 1.29 is 0 Å². The monoisotopic (exact) mass is 334 g/mol. The second-order valence-electron chi connectivity index (χ2n) is 7.72. The Kier molecular flexibility index (Phi) is 4.91. The summed E-state index contributed by atoms with van der Waals surface area (Å²) in [6.45, 7) is 10.6. The maximum Gasteiger partial charge on any atom is 0.0361 e. The van der Waals surface area contributed by atoms with E-state index in [9.17, 15) is 0 Å². The van der Waals surface area contributed by atoms with Crippen LogP contribution in [0.15, 0.2) is 48.5 Å². The molecule has 1 saturated heterocycles. The number of fused-ring (bicyclic) bond motifs is 1. The van der Waals surface area contributed by atoms with Crippen molar-refractivity contribution in [1.29, 1.82) is 0 Å². The summed E-state index contributed by atoms with van der Waals surface area (Å²) in [5.41, 5.74) is 5.94. The van der Waals surface area contributed by atoms with E-state index in [0.29, 0.717) is 12.0 Å². The lowest BCUT2D eigenvalue weighted by Gasteiger charge is -2.38. The van der Waals surface area contributed by atoms with E-state index in [1.54, 1.807) is 11.1 Å². The zero-order valence-corrected chi connectivity index (χ0v) is 15.6. The van der Waals surface area contributed by atoms with E-state index in [4.69, 9.17) is 0 Å². The molecule has 1 aliphatic carbocycles. The Morgan fingerprint density at radius 3 is 2.24 bits per heavy atom. The van der Waals surface area contributed by atoms with E-state index in [2.05, 4.69) is 72.2 Å². The highest BCUT2D eigenvalue weighted by Crippen LogP contribution is 2.46. The summed E-state index contributed by atoms with van der Waals surface area (Å²) >= 11 is 0. The van der Waals surface area contributed by atoms with E-state index >= 15 is 0 Å². The number of nitrogens with zero attached hydrogens (tertiary/aromatic N) is 2. The fraction of sp³-hybridized carbons (Fsp3) is 0.478. The average molecular weight is 335 g/mol. The van der Waals surface area contributed by atoms with Crippen LogP contribution in [0.4, 0.5) is 0 Å². The quantitative estimate of drug-likeness (QED) is 0.806. The van der Waals surface area contributed by atoms with E-state index in [0.717, 1.165) is 0 Å². The summed E-state index contributed by atoms with van der Waals surface area (Å²) in [5.74, 6) is 0.551. The second-order valence-corrected chi connectivity index (χ2v) is 7.72. The van der Waals surface area contributed by atoms with Gasteiger partial charge in [0.1, 0.15) is 0 Å². The fourth-order valence-corrected chi connectivity index (χ4v) is 4.68. The maximum absolute atomic E-state index is 2.74. The van der Waals surface area contributed by atoms with Gasteiger partial charge in [-0.1, -0.05) is 61.0 Å². The Morgan fingerprint density at radius 2 is 1.56 bits per heavy atom. The van der Waals surface area contributed by atoms with Gasteiger partial charge < -0.3 is 4.90 Å². The standard InChI is InChI=1S/C23H30N2/c1-3-12-24-13-15-25(16-14-24)23-17-22(19-10-8-18(2)9-11-19)20-6-4-5-7-21(20)23/h4-11,22-23H,3,12-17H2,1-2H3/t22?,23-/m1/s1. The van der Waals surface area contributed by atoms with Crippen LogP contribution in [0.1, 0.15) is 54.0 Å². The summed E-state index contributed by atoms with van der Waals surface area (Å²) < 4.78 is 0. The summed E-state index contributed by atoms with van der Waals surface area (Å²) in [5, 5.41) is 0. The minimum Gasteiger partial charge on any atom is -0.301 e.